The quantitative estimate of drug-likeness (QED) is 0.350. The van der Waals surface area contributed by atoms with E-state index in [4.69, 9.17) is 4.74 Å². The van der Waals surface area contributed by atoms with E-state index in [1.54, 1.807) is 18.2 Å². The van der Waals surface area contributed by atoms with Crippen LogP contribution >= 0.6 is 0 Å². The van der Waals surface area contributed by atoms with Crippen LogP contribution in [0.4, 0.5) is 5.69 Å². The second-order valence-electron chi connectivity index (χ2n) is 6.00. The molecule has 2 aromatic rings. The zero-order valence-corrected chi connectivity index (χ0v) is 16.3. The third-order valence-electron chi connectivity index (χ3n) is 3.71. The average Bonchev–Trinajstić information content (AvgIpc) is 2.69. The first-order valence-corrected chi connectivity index (χ1v) is 9.88. The molecule has 2 aromatic carbocycles. The van der Waals surface area contributed by atoms with Crippen molar-refractivity contribution in [3.8, 4) is 0 Å². The lowest BCUT2D eigenvalue weighted by atomic mass is 10.2. The summed E-state index contributed by atoms with van der Waals surface area (Å²) in [5, 5.41) is 12.9. The molecule has 0 aliphatic carbocycles. The minimum atomic E-state index is -3.85. The molecular weight excluding hydrogens is 402 g/mol. The molecule has 0 unspecified atom stereocenters. The highest BCUT2D eigenvalue weighted by atomic mass is 32.2. The Bertz CT molecular complexity index is 1000. The molecule has 154 valence electrons. The van der Waals surface area contributed by atoms with E-state index in [-0.39, 0.29) is 17.2 Å². The van der Waals surface area contributed by atoms with Crippen LogP contribution in [0.1, 0.15) is 11.1 Å². The first-order chi connectivity index (χ1) is 13.7. The van der Waals surface area contributed by atoms with Crippen LogP contribution in [0.2, 0.25) is 0 Å². The van der Waals surface area contributed by atoms with Crippen LogP contribution in [-0.4, -0.2) is 38.3 Å². The molecule has 0 heterocycles. The number of ether oxygens (including phenoxy) is 1. The number of benzene rings is 2. The van der Waals surface area contributed by atoms with Gasteiger partial charge >= 0.3 is 5.97 Å². The third-order valence-corrected chi connectivity index (χ3v) is 5.12. The summed E-state index contributed by atoms with van der Waals surface area (Å²) in [6.45, 7) is 0.597. The summed E-state index contributed by atoms with van der Waals surface area (Å²) in [6.07, 6.45) is 0. The van der Waals surface area contributed by atoms with Gasteiger partial charge in [0, 0.05) is 12.1 Å². The smallest absolute Gasteiger partial charge is 0.325 e. The molecule has 29 heavy (non-hydrogen) atoms. The topological polar surface area (TPSA) is 145 Å². The summed E-state index contributed by atoms with van der Waals surface area (Å²) in [5.74, 6) is -1.49. The van der Waals surface area contributed by atoms with Crippen LogP contribution in [0.5, 0.6) is 0 Å². The Hall–Kier alpha value is -3.31. The van der Waals surface area contributed by atoms with Crippen molar-refractivity contribution in [3.63, 3.8) is 0 Å². The first-order valence-electron chi connectivity index (χ1n) is 8.39. The molecule has 0 saturated carbocycles. The van der Waals surface area contributed by atoms with E-state index in [1.165, 1.54) is 30.3 Å². The van der Waals surface area contributed by atoms with E-state index in [9.17, 15) is 28.1 Å². The molecule has 0 aliphatic heterocycles. The van der Waals surface area contributed by atoms with Gasteiger partial charge in [-0.1, -0.05) is 29.8 Å². The van der Waals surface area contributed by atoms with Crippen molar-refractivity contribution in [1.82, 2.24) is 10.0 Å². The maximum atomic E-state index is 12.1. The SMILES string of the molecule is Cc1ccc(S(=O)(=O)NCC(=O)NCC(=O)OCc2cccc([N+](=O)[O-])c2)cc1. The summed E-state index contributed by atoms with van der Waals surface area (Å²) in [5.41, 5.74) is 1.18. The molecule has 0 bridgehead atoms. The lowest BCUT2D eigenvalue weighted by molar-refractivity contribution is -0.384. The fourth-order valence-corrected chi connectivity index (χ4v) is 3.15. The Balaban J connectivity index is 1.75. The Labute approximate surface area is 167 Å². The number of esters is 1. The van der Waals surface area contributed by atoms with Crippen LogP contribution < -0.4 is 10.0 Å². The van der Waals surface area contributed by atoms with Gasteiger partial charge in [0.25, 0.3) is 5.69 Å². The number of rotatable bonds is 9. The molecule has 1 amide bonds. The van der Waals surface area contributed by atoms with Gasteiger partial charge < -0.3 is 10.1 Å². The number of hydrogen-bond donors (Lipinski definition) is 2. The van der Waals surface area contributed by atoms with Crippen molar-refractivity contribution < 1.29 is 27.7 Å². The van der Waals surface area contributed by atoms with Crippen molar-refractivity contribution in [2.45, 2.75) is 18.4 Å². The maximum absolute atomic E-state index is 12.1. The number of amides is 1. The highest BCUT2D eigenvalue weighted by molar-refractivity contribution is 7.89. The monoisotopic (exact) mass is 421 g/mol. The summed E-state index contributed by atoms with van der Waals surface area (Å²) < 4.78 is 31.2. The first kappa shape index (κ1) is 22.0. The molecule has 0 aromatic heterocycles. The minimum Gasteiger partial charge on any atom is -0.459 e. The summed E-state index contributed by atoms with van der Waals surface area (Å²) in [7, 11) is -3.85. The van der Waals surface area contributed by atoms with E-state index in [1.807, 2.05) is 6.92 Å². The second-order valence-corrected chi connectivity index (χ2v) is 7.77. The summed E-state index contributed by atoms with van der Waals surface area (Å²) in [6, 6.07) is 11.7. The van der Waals surface area contributed by atoms with Crippen molar-refractivity contribution in [3.05, 3.63) is 69.8 Å². The highest BCUT2D eigenvalue weighted by Gasteiger charge is 2.16. The Kier molecular flexibility index (Phi) is 7.39. The second kappa shape index (κ2) is 9.75. The zero-order valence-electron chi connectivity index (χ0n) is 15.5. The largest absolute Gasteiger partial charge is 0.459 e. The molecule has 2 N–H and O–H groups in total. The van der Waals surface area contributed by atoms with E-state index < -0.39 is 39.9 Å². The van der Waals surface area contributed by atoms with Crippen LogP contribution in [-0.2, 0) is 31.0 Å². The van der Waals surface area contributed by atoms with Gasteiger partial charge in [-0.15, -0.1) is 0 Å². The molecule has 11 heteroatoms. The van der Waals surface area contributed by atoms with E-state index in [2.05, 4.69) is 10.0 Å². The fourth-order valence-electron chi connectivity index (χ4n) is 2.17. The third kappa shape index (κ3) is 6.97. The molecular formula is C18H19N3O7S. The van der Waals surface area contributed by atoms with E-state index in [0.717, 1.165) is 5.56 Å². The summed E-state index contributed by atoms with van der Waals surface area (Å²) in [4.78, 5) is 33.6. The Morgan fingerprint density at radius 1 is 1.10 bits per heavy atom. The average molecular weight is 421 g/mol. The molecule has 2 rings (SSSR count). The van der Waals surface area contributed by atoms with Gasteiger partial charge in [-0.05, 0) is 24.6 Å². The van der Waals surface area contributed by atoms with Gasteiger partial charge in [-0.2, -0.15) is 0 Å². The number of carbonyl (C=O) groups excluding carboxylic acids is 2. The van der Waals surface area contributed by atoms with Gasteiger partial charge in [0.15, 0.2) is 0 Å². The predicted molar refractivity (Wildman–Crippen MR) is 102 cm³/mol. The van der Waals surface area contributed by atoms with Gasteiger partial charge in [-0.25, -0.2) is 13.1 Å². The zero-order chi connectivity index (χ0) is 21.4. The van der Waals surface area contributed by atoms with Gasteiger partial charge in [-0.3, -0.25) is 19.7 Å². The molecule has 0 spiro atoms. The standard InChI is InChI=1S/C18H19N3O7S/c1-13-5-7-16(8-6-13)29(26,27)20-10-17(22)19-11-18(23)28-12-14-3-2-4-15(9-14)21(24)25/h2-9,20H,10-12H2,1H3,(H,19,22). The number of nitrogens with zero attached hydrogens (tertiary/aromatic N) is 1. The molecule has 0 fully saturated rings. The van der Waals surface area contributed by atoms with Crippen LogP contribution in [0.3, 0.4) is 0 Å². The van der Waals surface area contributed by atoms with Crippen molar-refractivity contribution >= 4 is 27.6 Å². The highest BCUT2D eigenvalue weighted by Crippen LogP contribution is 2.13. The summed E-state index contributed by atoms with van der Waals surface area (Å²) >= 11 is 0. The lowest BCUT2D eigenvalue weighted by Crippen LogP contribution is -2.39. The molecule has 0 saturated heterocycles. The Morgan fingerprint density at radius 2 is 1.79 bits per heavy atom. The van der Waals surface area contributed by atoms with Gasteiger partial charge in [0.05, 0.1) is 16.4 Å². The number of sulfonamides is 1. The van der Waals surface area contributed by atoms with Crippen molar-refractivity contribution in [2.75, 3.05) is 13.1 Å². The maximum Gasteiger partial charge on any atom is 0.325 e. The number of carbonyl (C=O) groups is 2. The number of hydrogen-bond acceptors (Lipinski definition) is 7. The van der Waals surface area contributed by atoms with Gasteiger partial charge in [0.2, 0.25) is 15.9 Å². The number of non-ortho nitro benzene ring substituents is 1. The van der Waals surface area contributed by atoms with E-state index in [0.29, 0.717) is 5.56 Å². The van der Waals surface area contributed by atoms with Crippen LogP contribution in [0.25, 0.3) is 0 Å². The van der Waals surface area contributed by atoms with Gasteiger partial charge in [0.1, 0.15) is 13.2 Å². The minimum absolute atomic E-state index is 0.0206. The normalized spacial score (nSPS) is 10.9. The fraction of sp³-hybridized carbons (Fsp3) is 0.222. The number of nitro benzene ring substituents is 1. The number of nitrogens with one attached hydrogen (secondary N) is 2. The number of nitro groups is 1. The Morgan fingerprint density at radius 3 is 2.45 bits per heavy atom. The van der Waals surface area contributed by atoms with E-state index >= 15 is 0 Å². The van der Waals surface area contributed by atoms with Crippen molar-refractivity contribution in [1.29, 1.82) is 0 Å². The van der Waals surface area contributed by atoms with Crippen LogP contribution in [0.15, 0.2) is 53.4 Å². The molecule has 0 aliphatic rings. The molecule has 10 nitrogen and oxygen atoms in total. The van der Waals surface area contributed by atoms with Crippen LogP contribution in [0, 0.1) is 17.0 Å². The van der Waals surface area contributed by atoms with Crippen molar-refractivity contribution in [2.24, 2.45) is 0 Å². The predicted octanol–water partition coefficient (Wildman–Crippen LogP) is 1.04. The molecule has 0 radical (unpaired) electrons. The number of aryl methyl sites for hydroxylation is 1. The molecule has 0 atom stereocenters. The lowest BCUT2D eigenvalue weighted by Gasteiger charge is -2.08.